The number of rotatable bonds is 6. The van der Waals surface area contributed by atoms with E-state index in [1.54, 1.807) is 0 Å². The molecule has 8 heteroatoms. The molecular formula is C21H26N4O3S. The number of aromatic nitrogens is 3. The van der Waals surface area contributed by atoms with Gasteiger partial charge < -0.3 is 9.84 Å². The average molecular weight is 415 g/mol. The average Bonchev–Trinajstić information content (AvgIpc) is 3.29. The minimum absolute atomic E-state index is 0.129. The molecule has 0 bridgehead atoms. The van der Waals surface area contributed by atoms with E-state index >= 15 is 0 Å². The molecule has 0 saturated carbocycles. The molecule has 1 saturated heterocycles. The Morgan fingerprint density at radius 3 is 2.83 bits per heavy atom. The molecule has 2 atom stereocenters. The predicted molar refractivity (Wildman–Crippen MR) is 111 cm³/mol. The number of hydrogen-bond acceptors (Lipinski definition) is 7. The standard InChI is InChI=1S/C21H26N4O3S/c1-3-16-22-21-25(23-16)19(26)18(29-21)17(14-9-6-5-7-10-14)24-12-8-11-15(13-24)20(27)28-4-2/h5-7,9-10,15,17,26H,3-4,8,11-13H2,1-2H3/t15-,17+/m0/s1. The zero-order chi connectivity index (χ0) is 20.4. The number of likely N-dealkylation sites (tertiary alicyclic amines) is 1. The number of aryl methyl sites for hydroxylation is 1. The molecule has 1 fully saturated rings. The van der Waals surface area contributed by atoms with Gasteiger partial charge in [0.2, 0.25) is 10.8 Å². The molecule has 1 N–H and O–H groups in total. The van der Waals surface area contributed by atoms with Gasteiger partial charge in [0.15, 0.2) is 5.82 Å². The third-order valence-corrected chi connectivity index (χ3v) is 6.43. The van der Waals surface area contributed by atoms with Crippen molar-refractivity contribution in [2.45, 2.75) is 39.2 Å². The van der Waals surface area contributed by atoms with Crippen LogP contribution in [0.4, 0.5) is 0 Å². The summed E-state index contributed by atoms with van der Waals surface area (Å²) in [6.07, 6.45) is 2.46. The summed E-state index contributed by atoms with van der Waals surface area (Å²) in [5.74, 6) is 0.563. The molecule has 0 amide bonds. The fraction of sp³-hybridized carbons (Fsp3) is 0.476. The quantitative estimate of drug-likeness (QED) is 0.623. The van der Waals surface area contributed by atoms with Gasteiger partial charge in [0.25, 0.3) is 0 Å². The van der Waals surface area contributed by atoms with Crippen LogP contribution < -0.4 is 0 Å². The van der Waals surface area contributed by atoms with Gasteiger partial charge in [-0.3, -0.25) is 9.69 Å². The Balaban J connectivity index is 1.72. The van der Waals surface area contributed by atoms with Crippen LogP contribution in [0.2, 0.25) is 0 Å². The number of nitrogens with zero attached hydrogens (tertiary/aromatic N) is 4. The Kier molecular flexibility index (Phi) is 5.82. The lowest BCUT2D eigenvalue weighted by molar-refractivity contribution is -0.150. The molecule has 0 radical (unpaired) electrons. The van der Waals surface area contributed by atoms with Crippen molar-refractivity contribution in [1.82, 2.24) is 19.5 Å². The Morgan fingerprint density at radius 2 is 2.14 bits per heavy atom. The van der Waals surface area contributed by atoms with Crippen LogP contribution in [-0.4, -0.2) is 50.3 Å². The molecule has 4 rings (SSSR count). The van der Waals surface area contributed by atoms with Gasteiger partial charge in [0.05, 0.1) is 23.4 Å². The van der Waals surface area contributed by atoms with Crippen molar-refractivity contribution >= 4 is 22.3 Å². The summed E-state index contributed by atoms with van der Waals surface area (Å²) in [6, 6.07) is 9.94. The fourth-order valence-electron chi connectivity index (χ4n) is 3.98. The highest BCUT2D eigenvalue weighted by molar-refractivity contribution is 7.17. The summed E-state index contributed by atoms with van der Waals surface area (Å²) in [5, 5.41) is 15.4. The van der Waals surface area contributed by atoms with E-state index in [9.17, 15) is 9.90 Å². The number of carbonyl (C=O) groups excluding carboxylic acids is 1. The molecule has 0 spiro atoms. The first-order valence-corrected chi connectivity index (χ1v) is 11.0. The topological polar surface area (TPSA) is 80.0 Å². The van der Waals surface area contributed by atoms with E-state index in [2.05, 4.69) is 27.1 Å². The third-order valence-electron chi connectivity index (χ3n) is 5.36. The molecule has 154 valence electrons. The highest BCUT2D eigenvalue weighted by atomic mass is 32.1. The minimum Gasteiger partial charge on any atom is -0.492 e. The van der Waals surface area contributed by atoms with Crippen LogP contribution in [0, 0.1) is 5.92 Å². The smallest absolute Gasteiger partial charge is 0.310 e. The number of hydrogen-bond donors (Lipinski definition) is 1. The highest BCUT2D eigenvalue weighted by Crippen LogP contribution is 2.41. The summed E-state index contributed by atoms with van der Waals surface area (Å²) >= 11 is 1.46. The second kappa shape index (κ2) is 8.51. The molecule has 3 heterocycles. The zero-order valence-corrected chi connectivity index (χ0v) is 17.6. The molecule has 2 aromatic heterocycles. The summed E-state index contributed by atoms with van der Waals surface area (Å²) in [7, 11) is 0. The van der Waals surface area contributed by atoms with E-state index < -0.39 is 0 Å². The second-order valence-electron chi connectivity index (χ2n) is 7.27. The van der Waals surface area contributed by atoms with E-state index in [4.69, 9.17) is 4.74 Å². The molecular weight excluding hydrogens is 388 g/mol. The number of piperidine rings is 1. The lowest BCUT2D eigenvalue weighted by Crippen LogP contribution is -2.41. The monoisotopic (exact) mass is 414 g/mol. The van der Waals surface area contributed by atoms with Gasteiger partial charge in [-0.15, -0.1) is 5.10 Å². The Hall–Kier alpha value is -2.45. The van der Waals surface area contributed by atoms with Gasteiger partial charge >= 0.3 is 5.97 Å². The van der Waals surface area contributed by atoms with Gasteiger partial charge in [0.1, 0.15) is 0 Å². The summed E-state index contributed by atoms with van der Waals surface area (Å²) < 4.78 is 6.80. The van der Waals surface area contributed by atoms with Crippen LogP contribution in [0.1, 0.15) is 49.0 Å². The van der Waals surface area contributed by atoms with Gasteiger partial charge in [0, 0.05) is 13.0 Å². The highest BCUT2D eigenvalue weighted by Gasteiger charge is 2.35. The number of esters is 1. The largest absolute Gasteiger partial charge is 0.492 e. The normalized spacial score (nSPS) is 18.8. The number of fused-ring (bicyclic) bond motifs is 1. The van der Waals surface area contributed by atoms with Crippen molar-refractivity contribution in [2.24, 2.45) is 5.92 Å². The number of thiazole rings is 1. The van der Waals surface area contributed by atoms with E-state index in [1.165, 1.54) is 15.9 Å². The van der Waals surface area contributed by atoms with Crippen molar-refractivity contribution in [2.75, 3.05) is 19.7 Å². The number of benzene rings is 1. The van der Waals surface area contributed by atoms with Gasteiger partial charge in [-0.25, -0.2) is 4.98 Å². The molecule has 3 aromatic rings. The summed E-state index contributed by atoms with van der Waals surface area (Å²) in [4.78, 5) is 20.6. The summed E-state index contributed by atoms with van der Waals surface area (Å²) in [6.45, 7) is 5.68. The SMILES string of the molecule is CCOC(=O)[C@H]1CCCN([C@H](c2ccccc2)c2sc3nc(CC)nn3c2O)C1. The molecule has 1 aliphatic heterocycles. The lowest BCUT2D eigenvalue weighted by atomic mass is 9.94. The zero-order valence-electron chi connectivity index (χ0n) is 16.7. The Morgan fingerprint density at radius 1 is 1.34 bits per heavy atom. The van der Waals surface area contributed by atoms with E-state index in [-0.39, 0.29) is 23.8 Å². The minimum atomic E-state index is -0.160. The third kappa shape index (κ3) is 3.86. The number of aromatic hydroxyl groups is 1. The molecule has 0 unspecified atom stereocenters. The van der Waals surface area contributed by atoms with Crippen molar-refractivity contribution in [3.8, 4) is 5.88 Å². The maximum atomic E-state index is 12.4. The van der Waals surface area contributed by atoms with Crippen molar-refractivity contribution in [1.29, 1.82) is 0 Å². The molecule has 1 aromatic carbocycles. The first kappa shape index (κ1) is 19.8. The van der Waals surface area contributed by atoms with E-state index in [0.29, 0.717) is 18.1 Å². The lowest BCUT2D eigenvalue weighted by Gasteiger charge is -2.37. The van der Waals surface area contributed by atoms with Crippen LogP contribution >= 0.6 is 11.3 Å². The molecule has 29 heavy (non-hydrogen) atoms. The predicted octanol–water partition coefficient (Wildman–Crippen LogP) is 3.42. The van der Waals surface area contributed by atoms with Gasteiger partial charge in [-0.1, -0.05) is 48.6 Å². The second-order valence-corrected chi connectivity index (χ2v) is 8.27. The van der Waals surface area contributed by atoms with Crippen LogP contribution in [0.15, 0.2) is 30.3 Å². The maximum absolute atomic E-state index is 12.4. The Bertz CT molecular complexity index is 985. The Labute approximate surface area is 173 Å². The van der Waals surface area contributed by atoms with Crippen molar-refractivity contribution in [3.63, 3.8) is 0 Å². The number of carbonyl (C=O) groups is 1. The van der Waals surface area contributed by atoms with Gasteiger partial charge in [-0.2, -0.15) is 4.52 Å². The van der Waals surface area contributed by atoms with Crippen molar-refractivity contribution in [3.05, 3.63) is 46.6 Å². The van der Waals surface area contributed by atoms with E-state index in [1.807, 2.05) is 32.0 Å². The molecule has 7 nitrogen and oxygen atoms in total. The van der Waals surface area contributed by atoms with Gasteiger partial charge in [-0.05, 0) is 31.9 Å². The van der Waals surface area contributed by atoms with Crippen LogP contribution in [0.5, 0.6) is 5.88 Å². The first-order valence-electron chi connectivity index (χ1n) is 10.1. The van der Waals surface area contributed by atoms with Crippen LogP contribution in [-0.2, 0) is 16.0 Å². The van der Waals surface area contributed by atoms with Crippen LogP contribution in [0.3, 0.4) is 0 Å². The fourth-order valence-corrected chi connectivity index (χ4v) is 5.11. The van der Waals surface area contributed by atoms with Crippen LogP contribution in [0.25, 0.3) is 4.96 Å². The summed E-state index contributed by atoms with van der Waals surface area (Å²) in [5.41, 5.74) is 1.08. The first-order chi connectivity index (χ1) is 14.1. The molecule has 1 aliphatic rings. The number of ether oxygens (including phenoxy) is 1. The van der Waals surface area contributed by atoms with Crippen molar-refractivity contribution < 1.29 is 14.6 Å². The molecule has 0 aliphatic carbocycles. The van der Waals surface area contributed by atoms with E-state index in [0.717, 1.165) is 42.1 Å². The maximum Gasteiger partial charge on any atom is 0.310 e.